The Morgan fingerprint density at radius 2 is 1.83 bits per heavy atom. The van der Waals surface area contributed by atoms with E-state index in [1.165, 1.54) is 0 Å². The molecule has 1 saturated heterocycles. The number of rotatable bonds is 3. The molecule has 3 unspecified atom stereocenters. The zero-order valence-electron chi connectivity index (χ0n) is 7.90. The fourth-order valence-corrected chi connectivity index (χ4v) is 1.75. The molecular formula is C9H19NO2. The lowest BCUT2D eigenvalue weighted by atomic mass is 10.0. The molecule has 3 heteroatoms. The normalized spacial score (nSPS) is 34.0. The van der Waals surface area contributed by atoms with Gasteiger partial charge in [-0.3, -0.25) is 0 Å². The molecule has 1 rings (SSSR count). The predicted molar refractivity (Wildman–Crippen MR) is 47.9 cm³/mol. The Bertz CT molecular complexity index is 130. The fourth-order valence-electron chi connectivity index (χ4n) is 1.75. The minimum Gasteiger partial charge on any atom is -0.394 e. The van der Waals surface area contributed by atoms with Gasteiger partial charge in [-0.25, -0.2) is 0 Å². The summed E-state index contributed by atoms with van der Waals surface area (Å²) in [5, 5.41) is 17.8. The van der Waals surface area contributed by atoms with Crippen LogP contribution >= 0.6 is 0 Å². The van der Waals surface area contributed by atoms with Crippen LogP contribution in [0.25, 0.3) is 0 Å². The lowest BCUT2D eigenvalue weighted by Crippen LogP contribution is -2.32. The summed E-state index contributed by atoms with van der Waals surface area (Å²) in [6.07, 6.45) is -0.567. The number of nitrogens with zero attached hydrogens (tertiary/aromatic N) is 1. The molecule has 0 aromatic carbocycles. The van der Waals surface area contributed by atoms with Crippen molar-refractivity contribution in [1.29, 1.82) is 0 Å². The monoisotopic (exact) mass is 173 g/mol. The summed E-state index contributed by atoms with van der Waals surface area (Å²) in [5.41, 5.74) is 0. The molecule has 0 radical (unpaired) electrons. The van der Waals surface area contributed by atoms with Crippen LogP contribution in [0.3, 0.4) is 0 Å². The average molecular weight is 173 g/mol. The van der Waals surface area contributed by atoms with Crippen molar-refractivity contribution < 1.29 is 10.2 Å². The first kappa shape index (κ1) is 9.96. The Labute approximate surface area is 74.0 Å². The molecule has 1 fully saturated rings. The van der Waals surface area contributed by atoms with E-state index >= 15 is 0 Å². The standard InChI is InChI=1S/C9H19NO2/c1-7-3-10(4-8(7)2)5-9(12)6-11/h7-9,11-12H,3-6H2,1-2H3. The second kappa shape index (κ2) is 4.21. The van der Waals surface area contributed by atoms with Gasteiger partial charge in [-0.05, 0) is 11.8 Å². The van der Waals surface area contributed by atoms with Crippen molar-refractivity contribution in [3.63, 3.8) is 0 Å². The Morgan fingerprint density at radius 3 is 2.25 bits per heavy atom. The van der Waals surface area contributed by atoms with Crippen LogP contribution < -0.4 is 0 Å². The third-order valence-corrected chi connectivity index (χ3v) is 2.74. The molecule has 1 heterocycles. The third kappa shape index (κ3) is 2.44. The maximum atomic E-state index is 9.20. The van der Waals surface area contributed by atoms with E-state index in [0.29, 0.717) is 6.54 Å². The molecule has 2 N–H and O–H groups in total. The van der Waals surface area contributed by atoms with Gasteiger partial charge in [0.15, 0.2) is 0 Å². The van der Waals surface area contributed by atoms with Crippen LogP contribution in [-0.4, -0.2) is 47.5 Å². The largest absolute Gasteiger partial charge is 0.394 e. The molecular weight excluding hydrogens is 154 g/mol. The van der Waals surface area contributed by atoms with E-state index < -0.39 is 6.10 Å². The maximum Gasteiger partial charge on any atom is 0.0897 e. The molecule has 0 aromatic rings. The second-order valence-corrected chi connectivity index (χ2v) is 4.01. The van der Waals surface area contributed by atoms with E-state index in [9.17, 15) is 5.11 Å². The highest BCUT2D eigenvalue weighted by Gasteiger charge is 2.26. The molecule has 3 atom stereocenters. The molecule has 0 aromatic heterocycles. The van der Waals surface area contributed by atoms with Crippen molar-refractivity contribution in [3.8, 4) is 0 Å². The van der Waals surface area contributed by atoms with Crippen molar-refractivity contribution in [3.05, 3.63) is 0 Å². The first-order chi connectivity index (χ1) is 5.63. The summed E-state index contributed by atoms with van der Waals surface area (Å²) in [6, 6.07) is 0. The van der Waals surface area contributed by atoms with E-state index in [1.807, 2.05) is 0 Å². The second-order valence-electron chi connectivity index (χ2n) is 4.01. The van der Waals surface area contributed by atoms with Gasteiger partial charge in [0.2, 0.25) is 0 Å². The van der Waals surface area contributed by atoms with Crippen LogP contribution in [-0.2, 0) is 0 Å². The molecule has 1 aliphatic rings. The van der Waals surface area contributed by atoms with E-state index in [2.05, 4.69) is 18.7 Å². The Hall–Kier alpha value is -0.120. The van der Waals surface area contributed by atoms with Gasteiger partial charge in [0.05, 0.1) is 12.7 Å². The first-order valence-electron chi connectivity index (χ1n) is 4.64. The molecule has 0 bridgehead atoms. The number of aliphatic hydroxyl groups is 2. The predicted octanol–water partition coefficient (Wildman–Crippen LogP) is -0.0726. The van der Waals surface area contributed by atoms with Gasteiger partial charge >= 0.3 is 0 Å². The van der Waals surface area contributed by atoms with Crippen molar-refractivity contribution in [2.45, 2.75) is 20.0 Å². The van der Waals surface area contributed by atoms with Crippen LogP contribution in [0.15, 0.2) is 0 Å². The van der Waals surface area contributed by atoms with Gasteiger partial charge in [-0.2, -0.15) is 0 Å². The molecule has 1 aliphatic heterocycles. The first-order valence-corrected chi connectivity index (χ1v) is 4.64. The van der Waals surface area contributed by atoms with Crippen molar-refractivity contribution >= 4 is 0 Å². The SMILES string of the molecule is CC1CN(CC(O)CO)CC1C. The molecule has 72 valence electrons. The summed E-state index contributed by atoms with van der Waals surface area (Å²) < 4.78 is 0. The van der Waals surface area contributed by atoms with E-state index in [4.69, 9.17) is 5.11 Å². The van der Waals surface area contributed by atoms with Crippen LogP contribution in [0.4, 0.5) is 0 Å². The molecule has 12 heavy (non-hydrogen) atoms. The van der Waals surface area contributed by atoms with Crippen molar-refractivity contribution in [2.24, 2.45) is 11.8 Å². The summed E-state index contributed by atoms with van der Waals surface area (Å²) in [7, 11) is 0. The lowest BCUT2D eigenvalue weighted by Gasteiger charge is -2.17. The number of hydrogen-bond acceptors (Lipinski definition) is 3. The molecule has 0 saturated carbocycles. The molecule has 0 aliphatic carbocycles. The zero-order chi connectivity index (χ0) is 9.14. The van der Waals surface area contributed by atoms with Crippen molar-refractivity contribution in [1.82, 2.24) is 4.90 Å². The Morgan fingerprint density at radius 1 is 1.33 bits per heavy atom. The van der Waals surface area contributed by atoms with Crippen LogP contribution in [0.1, 0.15) is 13.8 Å². The summed E-state index contributed by atoms with van der Waals surface area (Å²) in [6.45, 7) is 7.06. The highest BCUT2D eigenvalue weighted by molar-refractivity contribution is 4.79. The minimum atomic E-state index is -0.567. The summed E-state index contributed by atoms with van der Waals surface area (Å²) in [5.74, 6) is 1.44. The maximum absolute atomic E-state index is 9.20. The molecule has 0 spiro atoms. The van der Waals surface area contributed by atoms with E-state index in [0.717, 1.165) is 24.9 Å². The van der Waals surface area contributed by atoms with Crippen LogP contribution in [0.5, 0.6) is 0 Å². The van der Waals surface area contributed by atoms with E-state index in [1.54, 1.807) is 0 Å². The van der Waals surface area contributed by atoms with Crippen LogP contribution in [0, 0.1) is 11.8 Å². The number of β-amino-alcohol motifs (C(OH)–C–C–N with tert-alkyl or cyclic N) is 1. The molecule has 0 amide bonds. The minimum absolute atomic E-state index is 0.126. The Kier molecular flexibility index (Phi) is 3.50. The number of likely N-dealkylation sites (tertiary alicyclic amines) is 1. The number of hydrogen-bond donors (Lipinski definition) is 2. The Balaban J connectivity index is 2.27. The summed E-state index contributed by atoms with van der Waals surface area (Å²) in [4.78, 5) is 2.22. The van der Waals surface area contributed by atoms with E-state index in [-0.39, 0.29) is 6.61 Å². The highest BCUT2D eigenvalue weighted by atomic mass is 16.3. The number of aliphatic hydroxyl groups excluding tert-OH is 2. The van der Waals surface area contributed by atoms with Gasteiger partial charge in [-0.1, -0.05) is 13.8 Å². The topological polar surface area (TPSA) is 43.7 Å². The fraction of sp³-hybridized carbons (Fsp3) is 1.00. The summed E-state index contributed by atoms with van der Waals surface area (Å²) >= 11 is 0. The van der Waals surface area contributed by atoms with Gasteiger partial charge in [0, 0.05) is 19.6 Å². The van der Waals surface area contributed by atoms with Gasteiger partial charge in [-0.15, -0.1) is 0 Å². The third-order valence-electron chi connectivity index (χ3n) is 2.74. The zero-order valence-corrected chi connectivity index (χ0v) is 7.90. The van der Waals surface area contributed by atoms with Gasteiger partial charge < -0.3 is 15.1 Å². The average Bonchev–Trinajstić information content (AvgIpc) is 2.31. The molecule has 3 nitrogen and oxygen atoms in total. The van der Waals surface area contributed by atoms with Crippen molar-refractivity contribution in [2.75, 3.05) is 26.2 Å². The highest BCUT2D eigenvalue weighted by Crippen LogP contribution is 2.21. The van der Waals surface area contributed by atoms with Gasteiger partial charge in [0.25, 0.3) is 0 Å². The van der Waals surface area contributed by atoms with Gasteiger partial charge in [0.1, 0.15) is 0 Å². The quantitative estimate of drug-likeness (QED) is 0.628. The van der Waals surface area contributed by atoms with Crippen LogP contribution in [0.2, 0.25) is 0 Å². The lowest BCUT2D eigenvalue weighted by molar-refractivity contribution is 0.0647. The smallest absolute Gasteiger partial charge is 0.0897 e.